The Morgan fingerprint density at radius 2 is 2.00 bits per heavy atom. The number of methoxy groups -OCH3 is 1. The topological polar surface area (TPSA) is 33.7 Å². The van der Waals surface area contributed by atoms with Gasteiger partial charge in [0, 0.05) is 32.2 Å². The van der Waals surface area contributed by atoms with Crippen LogP contribution in [-0.2, 0) is 0 Å². The van der Waals surface area contributed by atoms with Gasteiger partial charge in [-0.3, -0.25) is 4.90 Å². The molecule has 0 bridgehead atoms. The molecule has 0 saturated carbocycles. The first-order valence-corrected chi connectivity index (χ1v) is 6.50. The molecule has 1 N–H and O–H groups in total. The molecule has 0 unspecified atom stereocenters. The van der Waals surface area contributed by atoms with Gasteiger partial charge in [0.25, 0.3) is 0 Å². The lowest BCUT2D eigenvalue weighted by molar-refractivity contribution is 0.170. The van der Waals surface area contributed by atoms with E-state index in [9.17, 15) is 0 Å². The van der Waals surface area contributed by atoms with Crippen LogP contribution in [0.2, 0.25) is 0 Å². The zero-order valence-corrected chi connectivity index (χ0v) is 11.2. The highest BCUT2D eigenvalue weighted by Crippen LogP contribution is 2.16. The second-order valence-corrected chi connectivity index (χ2v) is 4.68. The second-order valence-electron chi connectivity index (χ2n) is 4.68. The van der Waals surface area contributed by atoms with Gasteiger partial charge in [0.2, 0.25) is 0 Å². The molecule has 1 aromatic rings. The Balaban J connectivity index is 1.70. The van der Waals surface area contributed by atoms with Crippen molar-refractivity contribution in [3.63, 3.8) is 0 Å². The Bertz CT molecular complexity index is 353. The van der Waals surface area contributed by atoms with Gasteiger partial charge in [0.1, 0.15) is 18.1 Å². The molecule has 0 spiro atoms. The predicted molar refractivity (Wildman–Crippen MR) is 72.4 cm³/mol. The summed E-state index contributed by atoms with van der Waals surface area (Å²) >= 11 is 0. The van der Waals surface area contributed by atoms with E-state index in [4.69, 9.17) is 9.47 Å². The van der Waals surface area contributed by atoms with Crippen molar-refractivity contribution in [3.05, 3.63) is 24.3 Å². The number of hydrogen-bond acceptors (Lipinski definition) is 4. The predicted octanol–water partition coefficient (Wildman–Crippen LogP) is 1.37. The molecule has 4 nitrogen and oxygen atoms in total. The lowest BCUT2D eigenvalue weighted by Crippen LogP contribution is -2.50. The van der Waals surface area contributed by atoms with E-state index in [0.29, 0.717) is 6.04 Å². The Morgan fingerprint density at radius 1 is 1.28 bits per heavy atom. The van der Waals surface area contributed by atoms with Crippen LogP contribution in [0.4, 0.5) is 0 Å². The molecule has 1 aromatic carbocycles. The first-order valence-electron chi connectivity index (χ1n) is 6.50. The lowest BCUT2D eigenvalue weighted by Gasteiger charge is -2.31. The average Bonchev–Trinajstić information content (AvgIpc) is 2.40. The zero-order chi connectivity index (χ0) is 12.8. The van der Waals surface area contributed by atoms with E-state index in [1.807, 2.05) is 24.3 Å². The van der Waals surface area contributed by atoms with E-state index in [1.54, 1.807) is 7.11 Å². The Hall–Kier alpha value is -1.26. The number of rotatable bonds is 5. The van der Waals surface area contributed by atoms with E-state index in [2.05, 4.69) is 17.1 Å². The van der Waals surface area contributed by atoms with E-state index in [-0.39, 0.29) is 0 Å². The second kappa shape index (κ2) is 6.61. The quantitative estimate of drug-likeness (QED) is 0.856. The molecule has 4 heteroatoms. The number of nitrogens with zero attached hydrogens (tertiary/aromatic N) is 1. The summed E-state index contributed by atoms with van der Waals surface area (Å²) in [7, 11) is 1.67. The van der Waals surface area contributed by atoms with Crippen molar-refractivity contribution in [2.24, 2.45) is 0 Å². The summed E-state index contributed by atoms with van der Waals surface area (Å²) < 4.78 is 10.8. The van der Waals surface area contributed by atoms with Crippen molar-refractivity contribution >= 4 is 0 Å². The number of hydrogen-bond donors (Lipinski definition) is 1. The molecule has 1 atom stereocenters. The zero-order valence-electron chi connectivity index (χ0n) is 11.2. The smallest absolute Gasteiger partial charge is 0.119 e. The van der Waals surface area contributed by atoms with Crippen LogP contribution in [0.3, 0.4) is 0 Å². The van der Waals surface area contributed by atoms with Crippen molar-refractivity contribution < 1.29 is 9.47 Å². The standard InChI is InChI=1S/C14H22N2O2/c1-12-11-16(8-7-15-12)9-10-18-14-5-3-13(17-2)4-6-14/h3-6,12,15H,7-11H2,1-2H3/t12-/m1/s1. The fraction of sp³-hybridized carbons (Fsp3) is 0.571. The summed E-state index contributed by atoms with van der Waals surface area (Å²) in [6.07, 6.45) is 0. The van der Waals surface area contributed by atoms with Crippen molar-refractivity contribution in [3.8, 4) is 11.5 Å². The Kier molecular flexibility index (Phi) is 4.84. The molecule has 18 heavy (non-hydrogen) atoms. The SMILES string of the molecule is COc1ccc(OCCN2CCN[C@H](C)C2)cc1. The van der Waals surface area contributed by atoms with Gasteiger partial charge in [0.05, 0.1) is 7.11 Å². The van der Waals surface area contributed by atoms with Crippen LogP contribution < -0.4 is 14.8 Å². The summed E-state index contributed by atoms with van der Waals surface area (Å²) in [5, 5.41) is 3.44. The lowest BCUT2D eigenvalue weighted by atomic mass is 10.2. The normalized spacial score (nSPS) is 20.7. The highest BCUT2D eigenvalue weighted by molar-refractivity contribution is 5.31. The van der Waals surface area contributed by atoms with E-state index < -0.39 is 0 Å². The summed E-state index contributed by atoms with van der Waals surface area (Å²) in [6.45, 7) is 7.22. The third kappa shape index (κ3) is 3.89. The third-order valence-electron chi connectivity index (χ3n) is 3.19. The van der Waals surface area contributed by atoms with Crippen LogP contribution in [0.1, 0.15) is 6.92 Å². The molecule has 100 valence electrons. The minimum absolute atomic E-state index is 0.583. The molecular weight excluding hydrogens is 228 g/mol. The van der Waals surface area contributed by atoms with Crippen LogP contribution in [-0.4, -0.2) is 50.8 Å². The molecule has 1 heterocycles. The maximum Gasteiger partial charge on any atom is 0.119 e. The van der Waals surface area contributed by atoms with Gasteiger partial charge in [-0.25, -0.2) is 0 Å². The molecule has 0 aromatic heterocycles. The molecule has 1 saturated heterocycles. The van der Waals surface area contributed by atoms with Gasteiger partial charge in [0.15, 0.2) is 0 Å². The van der Waals surface area contributed by atoms with Crippen molar-refractivity contribution in [2.45, 2.75) is 13.0 Å². The van der Waals surface area contributed by atoms with Gasteiger partial charge in [-0.2, -0.15) is 0 Å². The highest BCUT2D eigenvalue weighted by Gasteiger charge is 2.14. The maximum atomic E-state index is 5.73. The highest BCUT2D eigenvalue weighted by atomic mass is 16.5. The molecule has 1 fully saturated rings. The Labute approximate surface area is 109 Å². The molecule has 0 radical (unpaired) electrons. The van der Waals surface area contributed by atoms with Crippen molar-refractivity contribution in [1.82, 2.24) is 10.2 Å². The largest absolute Gasteiger partial charge is 0.497 e. The minimum atomic E-state index is 0.583. The molecular formula is C14H22N2O2. The van der Waals surface area contributed by atoms with Gasteiger partial charge in [-0.05, 0) is 31.2 Å². The number of nitrogens with one attached hydrogen (secondary N) is 1. The first kappa shape index (κ1) is 13.2. The summed E-state index contributed by atoms with van der Waals surface area (Å²) in [4.78, 5) is 2.44. The summed E-state index contributed by atoms with van der Waals surface area (Å²) in [5.74, 6) is 1.76. The van der Waals surface area contributed by atoms with E-state index in [0.717, 1.165) is 44.3 Å². The van der Waals surface area contributed by atoms with Crippen molar-refractivity contribution in [2.75, 3.05) is 39.9 Å². The van der Waals surface area contributed by atoms with E-state index in [1.165, 1.54) is 0 Å². The fourth-order valence-electron chi connectivity index (χ4n) is 2.18. The van der Waals surface area contributed by atoms with Gasteiger partial charge in [-0.15, -0.1) is 0 Å². The fourth-order valence-corrected chi connectivity index (χ4v) is 2.18. The van der Waals surface area contributed by atoms with Crippen LogP contribution in [0, 0.1) is 0 Å². The van der Waals surface area contributed by atoms with Gasteiger partial charge in [-0.1, -0.05) is 0 Å². The molecule has 1 aliphatic rings. The summed E-state index contributed by atoms with van der Waals surface area (Å²) in [6, 6.07) is 8.31. The first-order chi connectivity index (χ1) is 8.78. The number of piperazine rings is 1. The molecule has 1 aliphatic heterocycles. The van der Waals surface area contributed by atoms with Crippen LogP contribution in [0.5, 0.6) is 11.5 Å². The Morgan fingerprint density at radius 3 is 2.67 bits per heavy atom. The van der Waals surface area contributed by atoms with Crippen LogP contribution in [0.15, 0.2) is 24.3 Å². The number of ether oxygens (including phenoxy) is 2. The average molecular weight is 250 g/mol. The van der Waals surface area contributed by atoms with Crippen molar-refractivity contribution in [1.29, 1.82) is 0 Å². The van der Waals surface area contributed by atoms with Crippen LogP contribution in [0.25, 0.3) is 0 Å². The van der Waals surface area contributed by atoms with Gasteiger partial charge < -0.3 is 14.8 Å². The minimum Gasteiger partial charge on any atom is -0.497 e. The molecule has 0 aliphatic carbocycles. The molecule has 0 amide bonds. The van der Waals surface area contributed by atoms with E-state index >= 15 is 0 Å². The van der Waals surface area contributed by atoms with Crippen LogP contribution >= 0.6 is 0 Å². The monoisotopic (exact) mass is 250 g/mol. The number of benzene rings is 1. The summed E-state index contributed by atoms with van der Waals surface area (Å²) in [5.41, 5.74) is 0. The third-order valence-corrected chi connectivity index (χ3v) is 3.19. The molecule has 2 rings (SSSR count). The maximum absolute atomic E-state index is 5.73. The van der Waals surface area contributed by atoms with Gasteiger partial charge >= 0.3 is 0 Å².